The summed E-state index contributed by atoms with van der Waals surface area (Å²) in [6.07, 6.45) is 1.24. The lowest BCUT2D eigenvalue weighted by Crippen LogP contribution is -2.53. The summed E-state index contributed by atoms with van der Waals surface area (Å²) in [6, 6.07) is 10.6. The summed E-state index contributed by atoms with van der Waals surface area (Å²) in [7, 11) is -1.81. The second-order valence-electron chi connectivity index (χ2n) is 7.16. The van der Waals surface area contributed by atoms with Crippen LogP contribution in [0.3, 0.4) is 0 Å². The van der Waals surface area contributed by atoms with Gasteiger partial charge in [-0.2, -0.15) is 5.10 Å². The summed E-state index contributed by atoms with van der Waals surface area (Å²) >= 11 is 0. The van der Waals surface area contributed by atoms with E-state index in [0.29, 0.717) is 18.8 Å². The van der Waals surface area contributed by atoms with Crippen molar-refractivity contribution >= 4 is 21.7 Å². The molecule has 0 radical (unpaired) electrons. The maximum Gasteiger partial charge on any atom is 0.246 e. The predicted molar refractivity (Wildman–Crippen MR) is 105 cm³/mol. The number of amides is 1. The van der Waals surface area contributed by atoms with Crippen LogP contribution in [0.1, 0.15) is 36.9 Å². The number of nitrogens with one attached hydrogen (secondary N) is 1. The molecule has 2 heterocycles. The molecular formula is C19H26N4O3S. The molecule has 1 aromatic heterocycles. The molecule has 7 nitrogen and oxygen atoms in total. The summed E-state index contributed by atoms with van der Waals surface area (Å²) < 4.78 is 29.6. The maximum atomic E-state index is 12.9. The summed E-state index contributed by atoms with van der Waals surface area (Å²) in [5, 5.41) is 4.28. The van der Waals surface area contributed by atoms with Crippen LogP contribution in [0.2, 0.25) is 0 Å². The Hall–Kier alpha value is -2.19. The highest BCUT2D eigenvalue weighted by atomic mass is 32.2. The second-order valence-corrected chi connectivity index (χ2v) is 8.96. The number of aryl methyl sites for hydroxylation is 2. The van der Waals surface area contributed by atoms with Gasteiger partial charge < -0.3 is 0 Å². The molecule has 1 saturated heterocycles. The Labute approximate surface area is 160 Å². The second kappa shape index (κ2) is 7.82. The van der Waals surface area contributed by atoms with Crippen molar-refractivity contribution in [1.82, 2.24) is 14.5 Å². The van der Waals surface area contributed by atoms with Crippen molar-refractivity contribution in [3.05, 3.63) is 47.7 Å². The highest BCUT2D eigenvalue weighted by Crippen LogP contribution is 2.23. The van der Waals surface area contributed by atoms with Gasteiger partial charge in [0.15, 0.2) is 0 Å². The molecule has 2 aromatic rings. The van der Waals surface area contributed by atoms with E-state index in [9.17, 15) is 13.2 Å². The average molecular weight is 391 g/mol. The molecule has 1 aliphatic heterocycles. The molecule has 0 saturated carbocycles. The summed E-state index contributed by atoms with van der Waals surface area (Å²) in [5.74, 6) is 0.267. The van der Waals surface area contributed by atoms with Crippen LogP contribution in [-0.2, 0) is 21.9 Å². The average Bonchev–Trinajstić information content (AvgIpc) is 2.95. The molecule has 1 amide bonds. The van der Waals surface area contributed by atoms with Crippen molar-refractivity contribution in [1.29, 1.82) is 0 Å². The van der Waals surface area contributed by atoms with Gasteiger partial charge in [0, 0.05) is 19.7 Å². The first-order valence-corrected chi connectivity index (χ1v) is 10.8. The molecule has 2 atom stereocenters. The van der Waals surface area contributed by atoms with Gasteiger partial charge in [0.2, 0.25) is 15.9 Å². The number of hydrogen-bond acceptors (Lipinski definition) is 4. The fraction of sp³-hybridized carbons (Fsp3) is 0.474. The quantitative estimate of drug-likeness (QED) is 0.817. The van der Waals surface area contributed by atoms with E-state index in [1.807, 2.05) is 50.2 Å². The van der Waals surface area contributed by atoms with Gasteiger partial charge >= 0.3 is 0 Å². The van der Waals surface area contributed by atoms with Gasteiger partial charge in [0.25, 0.3) is 0 Å². The summed E-state index contributed by atoms with van der Waals surface area (Å²) in [5.41, 5.74) is 1.78. The number of carbonyl (C=O) groups is 1. The summed E-state index contributed by atoms with van der Waals surface area (Å²) in [6.45, 7) is 4.31. The molecule has 0 aliphatic carbocycles. The monoisotopic (exact) mass is 390 g/mol. The maximum absolute atomic E-state index is 12.9. The highest BCUT2D eigenvalue weighted by Gasteiger charge is 2.34. The third kappa shape index (κ3) is 4.56. The zero-order valence-corrected chi connectivity index (χ0v) is 16.7. The van der Waals surface area contributed by atoms with Crippen molar-refractivity contribution in [2.24, 2.45) is 7.05 Å². The van der Waals surface area contributed by atoms with Crippen LogP contribution < -0.4 is 9.62 Å². The Balaban J connectivity index is 1.70. The van der Waals surface area contributed by atoms with Gasteiger partial charge in [-0.1, -0.05) is 37.3 Å². The number of benzene rings is 1. The minimum atomic E-state index is -3.59. The van der Waals surface area contributed by atoms with Gasteiger partial charge in [0.1, 0.15) is 11.9 Å². The van der Waals surface area contributed by atoms with Crippen LogP contribution in [0.4, 0.5) is 5.82 Å². The van der Waals surface area contributed by atoms with E-state index in [4.69, 9.17) is 0 Å². The van der Waals surface area contributed by atoms with Crippen molar-refractivity contribution in [3.63, 3.8) is 0 Å². The fourth-order valence-corrected chi connectivity index (χ4v) is 5.13. The van der Waals surface area contributed by atoms with E-state index in [2.05, 4.69) is 9.82 Å². The first-order valence-electron chi connectivity index (χ1n) is 9.14. The van der Waals surface area contributed by atoms with Crippen LogP contribution in [-0.4, -0.2) is 42.4 Å². The van der Waals surface area contributed by atoms with Crippen LogP contribution >= 0.6 is 0 Å². The minimum Gasteiger partial charge on any atom is -0.296 e. The minimum absolute atomic E-state index is 0.0500. The standard InChI is InChI=1S/C19H26N4O3S/c1-14(16-8-5-4-6-9-16)13-27(25,26)21-17-10-7-11-23(19(17)24)18-12-15(2)20-22(18)3/h4-6,8-9,12,14,17,21H,7,10-11,13H2,1-3H3. The Kier molecular flexibility index (Phi) is 5.67. The van der Waals surface area contributed by atoms with Crippen LogP contribution in [0, 0.1) is 6.92 Å². The van der Waals surface area contributed by atoms with Crippen molar-refractivity contribution in [2.45, 2.75) is 38.6 Å². The Morgan fingerprint density at radius 2 is 2.00 bits per heavy atom. The zero-order chi connectivity index (χ0) is 19.6. The topological polar surface area (TPSA) is 84.3 Å². The number of rotatable bonds is 6. The lowest BCUT2D eigenvalue weighted by molar-refractivity contribution is -0.121. The number of aromatic nitrogens is 2. The third-order valence-corrected chi connectivity index (χ3v) is 6.43. The van der Waals surface area contributed by atoms with E-state index in [1.165, 1.54) is 0 Å². The van der Waals surface area contributed by atoms with E-state index < -0.39 is 16.1 Å². The largest absolute Gasteiger partial charge is 0.296 e. The molecule has 3 rings (SSSR count). The van der Waals surface area contributed by atoms with E-state index >= 15 is 0 Å². The Bertz CT molecular complexity index is 908. The molecule has 1 aromatic carbocycles. The van der Waals surface area contributed by atoms with E-state index in [1.54, 1.807) is 16.6 Å². The van der Waals surface area contributed by atoms with Crippen LogP contribution in [0.5, 0.6) is 0 Å². The molecule has 8 heteroatoms. The smallest absolute Gasteiger partial charge is 0.246 e. The van der Waals surface area contributed by atoms with Crippen LogP contribution in [0.15, 0.2) is 36.4 Å². The van der Waals surface area contributed by atoms with Crippen molar-refractivity contribution in [3.8, 4) is 0 Å². The molecule has 1 aliphatic rings. The number of sulfonamides is 1. The first kappa shape index (κ1) is 19.6. The molecular weight excluding hydrogens is 364 g/mol. The zero-order valence-electron chi connectivity index (χ0n) is 15.9. The summed E-state index contributed by atoms with van der Waals surface area (Å²) in [4.78, 5) is 14.5. The van der Waals surface area contributed by atoms with Gasteiger partial charge in [-0.05, 0) is 31.2 Å². The Morgan fingerprint density at radius 1 is 1.30 bits per heavy atom. The molecule has 27 heavy (non-hydrogen) atoms. The predicted octanol–water partition coefficient (Wildman–Crippen LogP) is 1.95. The fourth-order valence-electron chi connectivity index (χ4n) is 3.53. The number of piperidine rings is 1. The number of carbonyl (C=O) groups excluding carboxylic acids is 1. The Morgan fingerprint density at radius 3 is 2.63 bits per heavy atom. The normalized spacial score (nSPS) is 19.3. The SMILES string of the molecule is Cc1cc(N2CCCC(NS(=O)(=O)CC(C)c3ccccc3)C2=O)n(C)n1. The van der Waals surface area contributed by atoms with Gasteiger partial charge in [-0.15, -0.1) is 0 Å². The van der Waals surface area contributed by atoms with Gasteiger partial charge in [-0.25, -0.2) is 13.1 Å². The molecule has 146 valence electrons. The molecule has 1 fully saturated rings. The van der Waals surface area contributed by atoms with E-state index in [0.717, 1.165) is 17.7 Å². The third-order valence-electron chi connectivity index (χ3n) is 4.85. The van der Waals surface area contributed by atoms with E-state index in [-0.39, 0.29) is 17.6 Å². The lowest BCUT2D eigenvalue weighted by Gasteiger charge is -2.32. The van der Waals surface area contributed by atoms with Crippen molar-refractivity contribution < 1.29 is 13.2 Å². The number of hydrogen-bond donors (Lipinski definition) is 1. The molecule has 1 N–H and O–H groups in total. The number of anilines is 1. The van der Waals surface area contributed by atoms with Gasteiger partial charge in [-0.3, -0.25) is 14.4 Å². The first-order chi connectivity index (χ1) is 12.8. The molecule has 0 spiro atoms. The van der Waals surface area contributed by atoms with Gasteiger partial charge in [0.05, 0.1) is 11.4 Å². The number of nitrogens with zero attached hydrogens (tertiary/aromatic N) is 3. The van der Waals surface area contributed by atoms with Crippen LogP contribution in [0.25, 0.3) is 0 Å². The van der Waals surface area contributed by atoms with Crippen molar-refractivity contribution in [2.75, 3.05) is 17.2 Å². The molecule has 0 bridgehead atoms. The lowest BCUT2D eigenvalue weighted by atomic mass is 10.0. The highest BCUT2D eigenvalue weighted by molar-refractivity contribution is 7.89. The molecule has 2 unspecified atom stereocenters.